The van der Waals surface area contributed by atoms with Crippen molar-refractivity contribution in [3.63, 3.8) is 0 Å². The Morgan fingerprint density at radius 2 is 1.63 bits per heavy atom. The zero-order valence-corrected chi connectivity index (χ0v) is 12.4. The fraction of sp³-hybridized carbons (Fsp3) is 1.00. The summed E-state index contributed by atoms with van der Waals surface area (Å²) >= 11 is 0. The second kappa shape index (κ2) is 6.00. The number of hydrogen-bond acceptors (Lipinski definition) is 2. The first kappa shape index (κ1) is 16.8. The van der Waals surface area contributed by atoms with Gasteiger partial charge in [-0.05, 0) is 37.8 Å². The zero-order chi connectivity index (χ0) is 14.8. The Bertz CT molecular complexity index is 275. The van der Waals surface area contributed by atoms with Gasteiger partial charge in [-0.1, -0.05) is 27.7 Å². The summed E-state index contributed by atoms with van der Waals surface area (Å²) in [5.74, 6) is -1.14. The lowest BCUT2D eigenvalue weighted by Gasteiger charge is -2.46. The van der Waals surface area contributed by atoms with Crippen molar-refractivity contribution >= 4 is 0 Å². The largest absolute Gasteiger partial charge is 0.391 e. The highest BCUT2D eigenvalue weighted by Crippen LogP contribution is 2.37. The van der Waals surface area contributed by atoms with Crippen LogP contribution in [-0.2, 0) is 0 Å². The van der Waals surface area contributed by atoms with E-state index in [1.807, 2.05) is 6.92 Å². The first-order chi connectivity index (χ1) is 8.57. The van der Waals surface area contributed by atoms with E-state index in [-0.39, 0.29) is 30.3 Å². The van der Waals surface area contributed by atoms with Gasteiger partial charge in [0.1, 0.15) is 0 Å². The molecule has 0 aromatic rings. The predicted molar refractivity (Wildman–Crippen MR) is 71.9 cm³/mol. The molecular weight excluding hydrogens is 253 g/mol. The van der Waals surface area contributed by atoms with E-state index >= 15 is 0 Å². The predicted octanol–water partition coefficient (Wildman–Crippen LogP) is 3.41. The number of nitrogens with two attached hydrogens (primary N) is 1. The van der Waals surface area contributed by atoms with Crippen LogP contribution in [0.3, 0.4) is 0 Å². The standard InChI is InChI=1S/C14H27F3N2/c1-5-11(18)12(13(2,3)4)19-8-6-10(7-9-19)14(15,16)17/h10-12H,5-9,18H2,1-4H3. The molecule has 2 N–H and O–H groups in total. The third-order valence-electron chi connectivity index (χ3n) is 4.15. The summed E-state index contributed by atoms with van der Waals surface area (Å²) in [5, 5.41) is 0. The highest BCUT2D eigenvalue weighted by molar-refractivity contribution is 4.93. The minimum absolute atomic E-state index is 0.0134. The molecule has 0 aromatic heterocycles. The van der Waals surface area contributed by atoms with Crippen LogP contribution in [0, 0.1) is 11.3 Å². The van der Waals surface area contributed by atoms with Crippen molar-refractivity contribution in [1.82, 2.24) is 4.90 Å². The summed E-state index contributed by atoms with van der Waals surface area (Å²) < 4.78 is 38.1. The van der Waals surface area contributed by atoms with E-state index < -0.39 is 12.1 Å². The molecule has 0 aromatic carbocycles. The molecule has 19 heavy (non-hydrogen) atoms. The molecule has 0 saturated carbocycles. The summed E-state index contributed by atoms with van der Waals surface area (Å²) in [4.78, 5) is 2.16. The maximum atomic E-state index is 12.7. The molecule has 0 aliphatic carbocycles. The minimum Gasteiger partial charge on any atom is -0.326 e. The van der Waals surface area contributed by atoms with Crippen molar-refractivity contribution in [1.29, 1.82) is 0 Å². The molecule has 114 valence electrons. The Balaban J connectivity index is 2.70. The van der Waals surface area contributed by atoms with Gasteiger partial charge in [0.05, 0.1) is 5.92 Å². The quantitative estimate of drug-likeness (QED) is 0.858. The van der Waals surface area contributed by atoms with Crippen LogP contribution in [0.2, 0.25) is 0 Å². The first-order valence-electron chi connectivity index (χ1n) is 7.13. The summed E-state index contributed by atoms with van der Waals surface area (Å²) in [5.41, 5.74) is 6.18. The Morgan fingerprint density at radius 1 is 1.16 bits per heavy atom. The number of rotatable bonds is 3. The van der Waals surface area contributed by atoms with Crippen LogP contribution in [0.25, 0.3) is 0 Å². The van der Waals surface area contributed by atoms with Crippen LogP contribution < -0.4 is 5.73 Å². The SMILES string of the molecule is CCC(N)C(N1CCC(C(F)(F)F)CC1)C(C)(C)C. The summed E-state index contributed by atoms with van der Waals surface area (Å²) in [6.07, 6.45) is -2.80. The van der Waals surface area contributed by atoms with Gasteiger partial charge in [0.25, 0.3) is 0 Å². The molecule has 1 fully saturated rings. The Hall–Kier alpha value is -0.290. The van der Waals surface area contributed by atoms with Crippen molar-refractivity contribution in [2.75, 3.05) is 13.1 Å². The molecule has 2 unspecified atom stereocenters. The summed E-state index contributed by atoms with van der Waals surface area (Å²) in [7, 11) is 0. The number of likely N-dealkylation sites (tertiary alicyclic amines) is 1. The molecule has 1 rings (SSSR count). The second-order valence-corrected chi connectivity index (χ2v) is 6.73. The normalized spacial score (nSPS) is 23.4. The Morgan fingerprint density at radius 3 is 1.95 bits per heavy atom. The van der Waals surface area contributed by atoms with Gasteiger partial charge in [0, 0.05) is 12.1 Å². The summed E-state index contributed by atoms with van der Waals surface area (Å²) in [6.45, 7) is 9.38. The lowest BCUT2D eigenvalue weighted by molar-refractivity contribution is -0.187. The maximum absolute atomic E-state index is 12.7. The zero-order valence-electron chi connectivity index (χ0n) is 12.4. The molecule has 0 spiro atoms. The van der Waals surface area contributed by atoms with Gasteiger partial charge in [-0.25, -0.2) is 0 Å². The molecule has 1 heterocycles. The maximum Gasteiger partial charge on any atom is 0.391 e. The van der Waals surface area contributed by atoms with E-state index in [0.717, 1.165) is 6.42 Å². The van der Waals surface area contributed by atoms with E-state index in [9.17, 15) is 13.2 Å². The number of nitrogens with zero attached hydrogens (tertiary/aromatic N) is 1. The van der Waals surface area contributed by atoms with Crippen LogP contribution in [-0.4, -0.2) is 36.2 Å². The van der Waals surface area contributed by atoms with Crippen molar-refractivity contribution in [3.8, 4) is 0 Å². The average molecular weight is 280 g/mol. The van der Waals surface area contributed by atoms with Gasteiger partial charge in [-0.15, -0.1) is 0 Å². The Labute approximate surface area is 114 Å². The van der Waals surface area contributed by atoms with Gasteiger partial charge in [-0.3, -0.25) is 4.90 Å². The van der Waals surface area contributed by atoms with Gasteiger partial charge in [0.15, 0.2) is 0 Å². The number of alkyl halides is 3. The van der Waals surface area contributed by atoms with Gasteiger partial charge in [0.2, 0.25) is 0 Å². The van der Waals surface area contributed by atoms with Crippen LogP contribution in [0.4, 0.5) is 13.2 Å². The lowest BCUT2D eigenvalue weighted by Crippen LogP contribution is -2.57. The van der Waals surface area contributed by atoms with Crippen molar-refractivity contribution in [2.24, 2.45) is 17.1 Å². The van der Waals surface area contributed by atoms with Crippen LogP contribution in [0.15, 0.2) is 0 Å². The lowest BCUT2D eigenvalue weighted by atomic mass is 9.79. The molecule has 1 aliphatic rings. The van der Waals surface area contributed by atoms with Gasteiger partial charge < -0.3 is 5.73 Å². The average Bonchev–Trinajstić information content (AvgIpc) is 2.26. The molecule has 1 aliphatic heterocycles. The van der Waals surface area contributed by atoms with E-state index in [0.29, 0.717) is 13.1 Å². The van der Waals surface area contributed by atoms with Crippen LogP contribution >= 0.6 is 0 Å². The van der Waals surface area contributed by atoms with Gasteiger partial charge >= 0.3 is 6.18 Å². The minimum atomic E-state index is -4.05. The highest BCUT2D eigenvalue weighted by Gasteiger charge is 2.43. The second-order valence-electron chi connectivity index (χ2n) is 6.73. The highest BCUT2D eigenvalue weighted by atomic mass is 19.4. The van der Waals surface area contributed by atoms with E-state index in [1.165, 1.54) is 0 Å². The third kappa shape index (κ3) is 4.35. The topological polar surface area (TPSA) is 29.3 Å². The summed E-state index contributed by atoms with van der Waals surface area (Å²) in [6, 6.07) is 0.161. The number of piperidine rings is 1. The smallest absolute Gasteiger partial charge is 0.326 e. The molecular formula is C14H27F3N2. The fourth-order valence-electron chi connectivity index (χ4n) is 3.19. The van der Waals surface area contributed by atoms with E-state index in [1.54, 1.807) is 0 Å². The monoisotopic (exact) mass is 280 g/mol. The molecule has 0 radical (unpaired) electrons. The third-order valence-corrected chi connectivity index (χ3v) is 4.15. The molecule has 0 bridgehead atoms. The first-order valence-corrected chi connectivity index (χ1v) is 7.13. The molecule has 2 nitrogen and oxygen atoms in total. The number of hydrogen-bond donors (Lipinski definition) is 1. The van der Waals surface area contributed by atoms with Crippen molar-refractivity contribution < 1.29 is 13.2 Å². The molecule has 1 saturated heterocycles. The molecule has 0 amide bonds. The fourth-order valence-corrected chi connectivity index (χ4v) is 3.19. The van der Waals surface area contributed by atoms with Gasteiger partial charge in [-0.2, -0.15) is 13.2 Å². The van der Waals surface area contributed by atoms with E-state index in [4.69, 9.17) is 5.73 Å². The van der Waals surface area contributed by atoms with Crippen molar-refractivity contribution in [2.45, 2.75) is 65.2 Å². The Kier molecular flexibility index (Phi) is 5.29. The number of halogens is 3. The van der Waals surface area contributed by atoms with Crippen LogP contribution in [0.1, 0.15) is 47.0 Å². The molecule has 2 atom stereocenters. The van der Waals surface area contributed by atoms with E-state index in [2.05, 4.69) is 25.7 Å². The van der Waals surface area contributed by atoms with Crippen LogP contribution in [0.5, 0.6) is 0 Å². The van der Waals surface area contributed by atoms with Crippen molar-refractivity contribution in [3.05, 3.63) is 0 Å². The molecule has 5 heteroatoms.